The third-order valence-corrected chi connectivity index (χ3v) is 5.24. The number of carbonyl (C=O) groups is 1. The molecule has 33 heavy (non-hydrogen) atoms. The van der Waals surface area contributed by atoms with Crippen molar-refractivity contribution >= 4 is 17.1 Å². The van der Waals surface area contributed by atoms with Crippen LogP contribution in [0.25, 0.3) is 11.1 Å². The SMILES string of the molecule is CCCCOC(=O)/C=C/C(=C(\c1ccccc1)c1ccc(OC)cc1)c1ccc(OC)cc1. The maximum atomic E-state index is 12.4. The summed E-state index contributed by atoms with van der Waals surface area (Å²) in [4.78, 5) is 12.4. The first kappa shape index (κ1) is 23.9. The van der Waals surface area contributed by atoms with E-state index in [0.29, 0.717) is 6.61 Å². The topological polar surface area (TPSA) is 44.8 Å². The van der Waals surface area contributed by atoms with Gasteiger partial charge in [-0.25, -0.2) is 4.79 Å². The fourth-order valence-corrected chi connectivity index (χ4v) is 3.45. The lowest BCUT2D eigenvalue weighted by molar-refractivity contribution is -0.137. The number of hydrogen-bond donors (Lipinski definition) is 0. The monoisotopic (exact) mass is 442 g/mol. The van der Waals surface area contributed by atoms with Crippen LogP contribution < -0.4 is 9.47 Å². The summed E-state index contributed by atoms with van der Waals surface area (Å²) in [7, 11) is 3.29. The van der Waals surface area contributed by atoms with Gasteiger partial charge in [-0.15, -0.1) is 0 Å². The predicted octanol–water partition coefficient (Wildman–Crippen LogP) is 6.56. The Bertz CT molecular complexity index is 1080. The second-order valence-corrected chi connectivity index (χ2v) is 7.47. The summed E-state index contributed by atoms with van der Waals surface area (Å²) >= 11 is 0. The molecule has 3 rings (SSSR count). The van der Waals surface area contributed by atoms with Gasteiger partial charge in [-0.05, 0) is 64.6 Å². The molecule has 0 aromatic heterocycles. The normalized spacial score (nSPS) is 11.7. The zero-order chi connectivity index (χ0) is 23.5. The molecule has 4 heteroatoms. The molecule has 0 saturated carbocycles. The number of ether oxygens (including phenoxy) is 3. The van der Waals surface area contributed by atoms with E-state index >= 15 is 0 Å². The van der Waals surface area contributed by atoms with Crippen molar-refractivity contribution in [2.24, 2.45) is 0 Å². The molecule has 3 aromatic rings. The minimum atomic E-state index is -0.350. The first-order valence-corrected chi connectivity index (χ1v) is 11.1. The van der Waals surface area contributed by atoms with Crippen molar-refractivity contribution in [3.05, 3.63) is 108 Å². The van der Waals surface area contributed by atoms with E-state index in [-0.39, 0.29) is 5.97 Å². The highest BCUT2D eigenvalue weighted by molar-refractivity contribution is 6.03. The number of methoxy groups -OCH3 is 2. The lowest BCUT2D eigenvalue weighted by Gasteiger charge is -2.16. The van der Waals surface area contributed by atoms with Crippen LogP contribution in [0.4, 0.5) is 0 Å². The smallest absolute Gasteiger partial charge is 0.330 e. The highest BCUT2D eigenvalue weighted by Gasteiger charge is 2.13. The van der Waals surface area contributed by atoms with Crippen LogP contribution in [-0.4, -0.2) is 26.8 Å². The Morgan fingerprint density at radius 1 is 0.727 bits per heavy atom. The fourth-order valence-electron chi connectivity index (χ4n) is 3.45. The van der Waals surface area contributed by atoms with E-state index in [1.165, 1.54) is 6.08 Å². The van der Waals surface area contributed by atoms with Gasteiger partial charge in [-0.3, -0.25) is 0 Å². The van der Waals surface area contributed by atoms with Crippen LogP contribution in [0.3, 0.4) is 0 Å². The van der Waals surface area contributed by atoms with Gasteiger partial charge in [0.05, 0.1) is 20.8 Å². The molecule has 0 heterocycles. The van der Waals surface area contributed by atoms with Crippen LogP contribution in [0, 0.1) is 0 Å². The third-order valence-electron chi connectivity index (χ3n) is 5.24. The second kappa shape index (κ2) is 12.3. The molecular formula is C29H30O4. The minimum Gasteiger partial charge on any atom is -0.497 e. The average molecular weight is 443 g/mol. The Morgan fingerprint density at radius 2 is 1.27 bits per heavy atom. The summed E-state index contributed by atoms with van der Waals surface area (Å²) < 4.78 is 16.0. The summed E-state index contributed by atoms with van der Waals surface area (Å²) in [6.45, 7) is 2.49. The van der Waals surface area contributed by atoms with Gasteiger partial charge in [0.15, 0.2) is 0 Å². The van der Waals surface area contributed by atoms with Crippen molar-refractivity contribution in [1.82, 2.24) is 0 Å². The summed E-state index contributed by atoms with van der Waals surface area (Å²) in [5, 5.41) is 0. The maximum Gasteiger partial charge on any atom is 0.330 e. The Kier molecular flexibility index (Phi) is 8.89. The largest absolute Gasteiger partial charge is 0.497 e. The van der Waals surface area contributed by atoms with Crippen molar-refractivity contribution in [2.45, 2.75) is 19.8 Å². The van der Waals surface area contributed by atoms with Gasteiger partial charge in [-0.1, -0.05) is 67.9 Å². The number of allylic oxidation sites excluding steroid dienone is 2. The molecule has 0 aliphatic heterocycles. The van der Waals surface area contributed by atoms with E-state index in [2.05, 4.69) is 19.1 Å². The van der Waals surface area contributed by atoms with E-state index in [1.807, 2.05) is 72.8 Å². The Balaban J connectivity index is 2.16. The molecule has 0 bridgehead atoms. The summed E-state index contributed by atoms with van der Waals surface area (Å²) in [5.74, 6) is 1.20. The van der Waals surface area contributed by atoms with Crippen molar-refractivity contribution < 1.29 is 19.0 Å². The average Bonchev–Trinajstić information content (AvgIpc) is 2.87. The van der Waals surface area contributed by atoms with Gasteiger partial charge >= 0.3 is 5.97 Å². The van der Waals surface area contributed by atoms with Crippen LogP contribution in [0.15, 0.2) is 91.0 Å². The van der Waals surface area contributed by atoms with Crippen molar-refractivity contribution in [2.75, 3.05) is 20.8 Å². The van der Waals surface area contributed by atoms with Gasteiger partial charge in [0.1, 0.15) is 11.5 Å². The van der Waals surface area contributed by atoms with E-state index < -0.39 is 0 Å². The molecule has 0 saturated heterocycles. The molecule has 0 spiro atoms. The molecule has 0 unspecified atom stereocenters. The zero-order valence-electron chi connectivity index (χ0n) is 19.4. The first-order chi connectivity index (χ1) is 16.2. The molecule has 4 nitrogen and oxygen atoms in total. The zero-order valence-corrected chi connectivity index (χ0v) is 19.4. The van der Waals surface area contributed by atoms with Crippen molar-refractivity contribution in [3.8, 4) is 11.5 Å². The first-order valence-electron chi connectivity index (χ1n) is 11.1. The van der Waals surface area contributed by atoms with Crippen LogP contribution >= 0.6 is 0 Å². The Labute approximate surface area is 196 Å². The van der Waals surface area contributed by atoms with Crippen LogP contribution in [-0.2, 0) is 9.53 Å². The number of benzene rings is 3. The fraction of sp³-hybridized carbons (Fsp3) is 0.207. The Morgan fingerprint density at radius 3 is 1.82 bits per heavy atom. The van der Waals surface area contributed by atoms with Crippen molar-refractivity contribution in [1.29, 1.82) is 0 Å². The van der Waals surface area contributed by atoms with Gasteiger partial charge in [0.2, 0.25) is 0 Å². The van der Waals surface area contributed by atoms with Gasteiger partial charge < -0.3 is 14.2 Å². The van der Waals surface area contributed by atoms with E-state index in [0.717, 1.165) is 52.2 Å². The van der Waals surface area contributed by atoms with Crippen LogP contribution in [0.5, 0.6) is 11.5 Å². The molecule has 0 aliphatic carbocycles. The quantitative estimate of drug-likeness (QED) is 0.117. The second-order valence-electron chi connectivity index (χ2n) is 7.47. The molecule has 3 aromatic carbocycles. The highest BCUT2D eigenvalue weighted by atomic mass is 16.5. The van der Waals surface area contributed by atoms with E-state index in [1.54, 1.807) is 14.2 Å². The molecule has 170 valence electrons. The number of esters is 1. The summed E-state index contributed by atoms with van der Waals surface area (Å²) in [5.41, 5.74) is 4.92. The van der Waals surface area contributed by atoms with E-state index in [9.17, 15) is 4.79 Å². The molecule has 0 atom stereocenters. The molecular weight excluding hydrogens is 412 g/mol. The van der Waals surface area contributed by atoms with Crippen LogP contribution in [0.1, 0.15) is 36.5 Å². The van der Waals surface area contributed by atoms with Crippen molar-refractivity contribution in [3.63, 3.8) is 0 Å². The lowest BCUT2D eigenvalue weighted by Crippen LogP contribution is -2.02. The van der Waals surface area contributed by atoms with Gasteiger partial charge in [-0.2, -0.15) is 0 Å². The standard InChI is InChI=1S/C29H30O4/c1-4-5-21-33-28(30)20-19-27(22-11-15-25(31-2)16-12-22)29(23-9-7-6-8-10-23)24-13-17-26(32-3)18-14-24/h6-20H,4-5,21H2,1-3H3/b20-19+,29-27-. The summed E-state index contributed by atoms with van der Waals surface area (Å²) in [6.07, 6.45) is 5.16. The molecule has 0 fully saturated rings. The Hall–Kier alpha value is -3.79. The van der Waals surface area contributed by atoms with Gasteiger partial charge in [0.25, 0.3) is 0 Å². The predicted molar refractivity (Wildman–Crippen MR) is 133 cm³/mol. The number of unbranched alkanes of at least 4 members (excludes halogenated alkanes) is 1. The molecule has 0 N–H and O–H groups in total. The van der Waals surface area contributed by atoms with Crippen LogP contribution in [0.2, 0.25) is 0 Å². The number of hydrogen-bond acceptors (Lipinski definition) is 4. The minimum absolute atomic E-state index is 0.350. The molecule has 0 radical (unpaired) electrons. The molecule has 0 aliphatic rings. The summed E-state index contributed by atoms with van der Waals surface area (Å²) in [6, 6.07) is 25.9. The third kappa shape index (κ3) is 6.59. The number of carbonyl (C=O) groups excluding carboxylic acids is 1. The maximum absolute atomic E-state index is 12.4. The lowest BCUT2D eigenvalue weighted by atomic mass is 9.89. The molecule has 0 amide bonds. The highest BCUT2D eigenvalue weighted by Crippen LogP contribution is 2.34. The number of rotatable bonds is 10. The van der Waals surface area contributed by atoms with E-state index in [4.69, 9.17) is 14.2 Å². The van der Waals surface area contributed by atoms with Gasteiger partial charge in [0, 0.05) is 6.08 Å².